The summed E-state index contributed by atoms with van der Waals surface area (Å²) in [6, 6.07) is 15.6. The quantitative estimate of drug-likeness (QED) is 0.637. The van der Waals surface area contributed by atoms with Gasteiger partial charge in [0.1, 0.15) is 5.82 Å². The third kappa shape index (κ3) is 3.60. The van der Waals surface area contributed by atoms with Crippen molar-refractivity contribution >= 4 is 40.0 Å². The fourth-order valence-electron chi connectivity index (χ4n) is 2.22. The SMILES string of the molecule is CC(C)C(=O)NC(=S)Nc1ccc(-c2nc3ccccc3[nH]2)cc1. The van der Waals surface area contributed by atoms with Crippen LogP contribution in [0.15, 0.2) is 48.5 Å². The number of carbonyl (C=O) groups excluding carboxylic acids is 1. The van der Waals surface area contributed by atoms with Gasteiger partial charge in [-0.3, -0.25) is 4.79 Å². The molecular weight excluding hydrogens is 320 g/mol. The van der Waals surface area contributed by atoms with Crippen molar-refractivity contribution in [3.05, 3.63) is 48.5 Å². The van der Waals surface area contributed by atoms with Crippen molar-refractivity contribution in [3.63, 3.8) is 0 Å². The molecular formula is C18H18N4OS. The highest BCUT2D eigenvalue weighted by atomic mass is 32.1. The summed E-state index contributed by atoms with van der Waals surface area (Å²) >= 11 is 5.14. The molecule has 122 valence electrons. The van der Waals surface area contributed by atoms with Gasteiger partial charge in [-0.15, -0.1) is 0 Å². The Balaban J connectivity index is 1.71. The van der Waals surface area contributed by atoms with Gasteiger partial charge in [-0.25, -0.2) is 4.98 Å². The monoisotopic (exact) mass is 338 g/mol. The molecule has 3 rings (SSSR count). The number of rotatable bonds is 3. The second-order valence-electron chi connectivity index (χ2n) is 5.78. The van der Waals surface area contributed by atoms with Crippen molar-refractivity contribution in [1.29, 1.82) is 0 Å². The van der Waals surface area contributed by atoms with Crippen molar-refractivity contribution in [2.75, 3.05) is 5.32 Å². The van der Waals surface area contributed by atoms with Crippen LogP contribution in [0.3, 0.4) is 0 Å². The third-order valence-corrected chi connectivity index (χ3v) is 3.77. The van der Waals surface area contributed by atoms with E-state index < -0.39 is 0 Å². The van der Waals surface area contributed by atoms with Gasteiger partial charge in [-0.2, -0.15) is 0 Å². The summed E-state index contributed by atoms with van der Waals surface area (Å²) < 4.78 is 0. The van der Waals surface area contributed by atoms with Gasteiger partial charge in [0.25, 0.3) is 0 Å². The molecule has 0 aliphatic carbocycles. The molecule has 6 heteroatoms. The summed E-state index contributed by atoms with van der Waals surface area (Å²) in [6.07, 6.45) is 0. The Bertz CT molecular complexity index is 850. The number of aromatic nitrogens is 2. The lowest BCUT2D eigenvalue weighted by Crippen LogP contribution is -2.36. The number of para-hydroxylation sites is 2. The molecule has 3 aromatic rings. The zero-order valence-electron chi connectivity index (χ0n) is 13.5. The molecule has 0 aliphatic heterocycles. The number of nitrogens with zero attached hydrogens (tertiary/aromatic N) is 1. The molecule has 2 aromatic carbocycles. The molecule has 5 nitrogen and oxygen atoms in total. The summed E-state index contributed by atoms with van der Waals surface area (Å²) in [7, 11) is 0. The Kier molecular flexibility index (Phi) is 4.57. The van der Waals surface area contributed by atoms with Crippen molar-refractivity contribution in [2.24, 2.45) is 5.92 Å². The number of aromatic amines is 1. The molecule has 0 bridgehead atoms. The number of anilines is 1. The van der Waals surface area contributed by atoms with E-state index >= 15 is 0 Å². The molecule has 1 heterocycles. The van der Waals surface area contributed by atoms with Gasteiger partial charge in [0.05, 0.1) is 11.0 Å². The average Bonchev–Trinajstić information content (AvgIpc) is 2.99. The van der Waals surface area contributed by atoms with Crippen LogP contribution in [0.25, 0.3) is 22.4 Å². The maximum absolute atomic E-state index is 11.6. The second-order valence-corrected chi connectivity index (χ2v) is 6.19. The van der Waals surface area contributed by atoms with Gasteiger partial charge >= 0.3 is 0 Å². The number of fused-ring (bicyclic) bond motifs is 1. The number of thiocarbonyl (C=S) groups is 1. The van der Waals surface area contributed by atoms with E-state index in [1.165, 1.54) is 0 Å². The highest BCUT2D eigenvalue weighted by Crippen LogP contribution is 2.21. The predicted molar refractivity (Wildman–Crippen MR) is 101 cm³/mol. The average molecular weight is 338 g/mol. The van der Waals surface area contributed by atoms with Gasteiger partial charge in [0.2, 0.25) is 5.91 Å². The number of benzene rings is 2. The molecule has 0 aliphatic rings. The van der Waals surface area contributed by atoms with Gasteiger partial charge in [0.15, 0.2) is 5.11 Å². The molecule has 0 unspecified atom stereocenters. The molecule has 0 saturated carbocycles. The highest BCUT2D eigenvalue weighted by Gasteiger charge is 2.09. The topological polar surface area (TPSA) is 69.8 Å². The minimum absolute atomic E-state index is 0.105. The van der Waals surface area contributed by atoms with Crippen molar-refractivity contribution in [1.82, 2.24) is 15.3 Å². The number of nitrogens with one attached hydrogen (secondary N) is 3. The molecule has 3 N–H and O–H groups in total. The van der Waals surface area contributed by atoms with Crippen LogP contribution in [-0.4, -0.2) is 21.0 Å². The van der Waals surface area contributed by atoms with E-state index in [1.54, 1.807) is 0 Å². The molecule has 0 atom stereocenters. The van der Waals surface area contributed by atoms with Crippen molar-refractivity contribution in [2.45, 2.75) is 13.8 Å². The van der Waals surface area contributed by atoms with E-state index in [0.29, 0.717) is 5.11 Å². The summed E-state index contributed by atoms with van der Waals surface area (Å²) in [5.41, 5.74) is 3.73. The molecule has 0 fully saturated rings. The summed E-state index contributed by atoms with van der Waals surface area (Å²) in [5.74, 6) is 0.602. The van der Waals surface area contributed by atoms with E-state index in [9.17, 15) is 4.79 Å². The first kappa shape index (κ1) is 16.1. The summed E-state index contributed by atoms with van der Waals surface area (Å²) in [5, 5.41) is 5.95. The maximum Gasteiger partial charge on any atom is 0.228 e. The minimum atomic E-state index is -0.111. The largest absolute Gasteiger partial charge is 0.338 e. The third-order valence-electron chi connectivity index (χ3n) is 3.57. The zero-order chi connectivity index (χ0) is 17.1. The molecule has 0 spiro atoms. The van der Waals surface area contributed by atoms with Crippen LogP contribution in [-0.2, 0) is 4.79 Å². The number of hydrogen-bond acceptors (Lipinski definition) is 3. The lowest BCUT2D eigenvalue weighted by Gasteiger charge is -2.11. The molecule has 1 amide bonds. The molecule has 0 saturated heterocycles. The normalized spacial score (nSPS) is 10.8. The Morgan fingerprint density at radius 2 is 1.83 bits per heavy atom. The number of H-pyrrole nitrogens is 1. The Morgan fingerprint density at radius 3 is 2.50 bits per heavy atom. The maximum atomic E-state index is 11.6. The number of amides is 1. The van der Waals surface area contributed by atoms with Crippen LogP contribution in [0.2, 0.25) is 0 Å². The van der Waals surface area contributed by atoms with Gasteiger partial charge in [-0.1, -0.05) is 26.0 Å². The van der Waals surface area contributed by atoms with Gasteiger partial charge < -0.3 is 15.6 Å². The van der Waals surface area contributed by atoms with Gasteiger partial charge in [0, 0.05) is 17.2 Å². The van der Waals surface area contributed by atoms with Crippen LogP contribution in [0.4, 0.5) is 5.69 Å². The Hall–Kier alpha value is -2.73. The standard InChI is InChI=1S/C18H18N4OS/c1-11(2)17(23)22-18(24)19-13-9-7-12(8-10-13)16-20-14-5-3-4-6-15(14)21-16/h3-11H,1-2H3,(H,20,21)(H2,19,22,23,24). The minimum Gasteiger partial charge on any atom is -0.338 e. The number of hydrogen-bond donors (Lipinski definition) is 3. The predicted octanol–water partition coefficient (Wildman–Crippen LogP) is 3.70. The summed E-state index contributed by atoms with van der Waals surface area (Å²) in [6.45, 7) is 3.64. The van der Waals surface area contributed by atoms with Crippen molar-refractivity contribution < 1.29 is 4.79 Å². The van der Waals surface area contributed by atoms with Crippen LogP contribution in [0, 0.1) is 5.92 Å². The summed E-state index contributed by atoms with van der Waals surface area (Å²) in [4.78, 5) is 19.5. The first-order valence-electron chi connectivity index (χ1n) is 7.70. The van der Waals surface area contributed by atoms with Crippen molar-refractivity contribution in [3.8, 4) is 11.4 Å². The van der Waals surface area contributed by atoms with Gasteiger partial charge in [-0.05, 0) is 48.6 Å². The number of imidazole rings is 1. The van der Waals surface area contributed by atoms with Crippen LogP contribution >= 0.6 is 12.2 Å². The Morgan fingerprint density at radius 1 is 1.12 bits per heavy atom. The zero-order valence-corrected chi connectivity index (χ0v) is 14.3. The van der Waals surface area contributed by atoms with E-state index in [2.05, 4.69) is 20.6 Å². The fourth-order valence-corrected chi connectivity index (χ4v) is 2.44. The second kappa shape index (κ2) is 6.80. The number of carbonyl (C=O) groups is 1. The van der Waals surface area contributed by atoms with Crippen LogP contribution in [0.5, 0.6) is 0 Å². The molecule has 24 heavy (non-hydrogen) atoms. The van der Waals surface area contributed by atoms with E-state index in [-0.39, 0.29) is 11.8 Å². The van der Waals surface area contributed by atoms with E-state index in [1.807, 2.05) is 62.4 Å². The van der Waals surface area contributed by atoms with E-state index in [4.69, 9.17) is 12.2 Å². The Labute approximate surface area is 145 Å². The molecule has 1 aromatic heterocycles. The van der Waals surface area contributed by atoms with Crippen LogP contribution in [0.1, 0.15) is 13.8 Å². The highest BCUT2D eigenvalue weighted by molar-refractivity contribution is 7.80. The smallest absolute Gasteiger partial charge is 0.228 e. The molecule has 0 radical (unpaired) electrons. The van der Waals surface area contributed by atoms with E-state index in [0.717, 1.165) is 28.1 Å². The van der Waals surface area contributed by atoms with Crippen LogP contribution < -0.4 is 10.6 Å². The first-order valence-corrected chi connectivity index (χ1v) is 8.11. The first-order chi connectivity index (χ1) is 11.5. The fraction of sp³-hybridized carbons (Fsp3) is 0.167. The lowest BCUT2D eigenvalue weighted by molar-refractivity contribution is -0.122. The lowest BCUT2D eigenvalue weighted by atomic mass is 10.2.